The highest BCUT2D eigenvalue weighted by Crippen LogP contribution is 2.16. The number of amides is 2. The van der Waals surface area contributed by atoms with Crippen LogP contribution in [0.5, 0.6) is 0 Å². The Morgan fingerprint density at radius 3 is 2.96 bits per heavy atom. The number of urea groups is 1. The molecule has 0 spiro atoms. The minimum Gasteiger partial charge on any atom is -0.383 e. The molecular formula is C18H24N4O4. The lowest BCUT2D eigenvalue weighted by Crippen LogP contribution is -2.45. The molecule has 1 aromatic carbocycles. The second-order valence-electron chi connectivity index (χ2n) is 6.11. The summed E-state index contributed by atoms with van der Waals surface area (Å²) in [6.07, 6.45) is 2.10. The van der Waals surface area contributed by atoms with Gasteiger partial charge in [0, 0.05) is 32.4 Å². The van der Waals surface area contributed by atoms with E-state index >= 15 is 0 Å². The number of carbonyl (C=O) groups is 1. The van der Waals surface area contributed by atoms with E-state index in [1.807, 2.05) is 30.3 Å². The van der Waals surface area contributed by atoms with E-state index < -0.39 is 0 Å². The first-order chi connectivity index (χ1) is 12.8. The first-order valence-corrected chi connectivity index (χ1v) is 8.77. The molecule has 1 aliphatic heterocycles. The Balaban J connectivity index is 1.54. The maximum absolute atomic E-state index is 12.5. The third-order valence-electron chi connectivity index (χ3n) is 4.19. The van der Waals surface area contributed by atoms with Gasteiger partial charge in [0.15, 0.2) is 5.82 Å². The van der Waals surface area contributed by atoms with Gasteiger partial charge in [0.1, 0.15) is 0 Å². The van der Waals surface area contributed by atoms with Crippen LogP contribution in [0.4, 0.5) is 4.79 Å². The highest BCUT2D eigenvalue weighted by Gasteiger charge is 2.22. The number of nitrogens with one attached hydrogen (secondary N) is 1. The Kier molecular flexibility index (Phi) is 6.56. The molecule has 3 rings (SSSR count). The number of aromatic nitrogens is 2. The quantitative estimate of drug-likeness (QED) is 0.775. The SMILES string of the molecule is COCCN(C[C@@H]1CCCO1)C(=O)NCc1noc(-c2ccccc2)n1. The van der Waals surface area contributed by atoms with E-state index in [1.165, 1.54) is 0 Å². The van der Waals surface area contributed by atoms with Crippen molar-refractivity contribution in [3.8, 4) is 11.5 Å². The number of rotatable bonds is 8. The van der Waals surface area contributed by atoms with Gasteiger partial charge in [0.2, 0.25) is 0 Å². The van der Waals surface area contributed by atoms with E-state index in [0.717, 1.165) is 25.0 Å². The van der Waals surface area contributed by atoms with Gasteiger partial charge in [-0.15, -0.1) is 0 Å². The van der Waals surface area contributed by atoms with Crippen LogP contribution in [0, 0.1) is 0 Å². The van der Waals surface area contributed by atoms with Crippen molar-refractivity contribution >= 4 is 6.03 Å². The molecule has 1 aliphatic rings. The predicted molar refractivity (Wildman–Crippen MR) is 94.4 cm³/mol. The van der Waals surface area contributed by atoms with E-state index in [2.05, 4.69) is 15.5 Å². The Labute approximate surface area is 152 Å². The molecule has 2 aromatic rings. The fraction of sp³-hybridized carbons (Fsp3) is 0.500. The maximum atomic E-state index is 12.5. The van der Waals surface area contributed by atoms with Crippen molar-refractivity contribution in [1.29, 1.82) is 0 Å². The molecule has 1 aromatic heterocycles. The van der Waals surface area contributed by atoms with Crippen LogP contribution in [0.25, 0.3) is 11.5 Å². The van der Waals surface area contributed by atoms with Gasteiger partial charge < -0.3 is 24.2 Å². The Bertz CT molecular complexity index is 686. The number of hydrogen-bond acceptors (Lipinski definition) is 6. The summed E-state index contributed by atoms with van der Waals surface area (Å²) >= 11 is 0. The molecular weight excluding hydrogens is 336 g/mol. The molecule has 1 N–H and O–H groups in total. The van der Waals surface area contributed by atoms with Gasteiger partial charge in [-0.25, -0.2) is 4.79 Å². The monoisotopic (exact) mass is 360 g/mol. The van der Waals surface area contributed by atoms with Crippen molar-refractivity contribution in [3.63, 3.8) is 0 Å². The molecule has 1 atom stereocenters. The zero-order valence-corrected chi connectivity index (χ0v) is 14.9. The van der Waals surface area contributed by atoms with Crippen molar-refractivity contribution in [1.82, 2.24) is 20.4 Å². The molecule has 0 radical (unpaired) electrons. The summed E-state index contributed by atoms with van der Waals surface area (Å²) in [5.74, 6) is 0.867. The fourth-order valence-corrected chi connectivity index (χ4v) is 2.80. The van der Waals surface area contributed by atoms with Crippen molar-refractivity contribution in [2.45, 2.75) is 25.5 Å². The number of nitrogens with zero attached hydrogens (tertiary/aromatic N) is 3. The third-order valence-corrected chi connectivity index (χ3v) is 4.19. The first-order valence-electron chi connectivity index (χ1n) is 8.77. The van der Waals surface area contributed by atoms with E-state index in [0.29, 0.717) is 31.4 Å². The zero-order chi connectivity index (χ0) is 18.2. The fourth-order valence-electron chi connectivity index (χ4n) is 2.80. The van der Waals surface area contributed by atoms with Crippen LogP contribution < -0.4 is 5.32 Å². The van der Waals surface area contributed by atoms with Gasteiger partial charge in [-0.05, 0) is 25.0 Å². The van der Waals surface area contributed by atoms with E-state index in [1.54, 1.807) is 12.0 Å². The van der Waals surface area contributed by atoms with Crippen LogP contribution in [0.15, 0.2) is 34.9 Å². The van der Waals surface area contributed by atoms with Crippen LogP contribution in [-0.2, 0) is 16.0 Å². The molecule has 0 unspecified atom stereocenters. The van der Waals surface area contributed by atoms with Gasteiger partial charge in [-0.2, -0.15) is 4.98 Å². The van der Waals surface area contributed by atoms with Crippen molar-refractivity contribution in [2.75, 3.05) is 33.4 Å². The summed E-state index contributed by atoms with van der Waals surface area (Å²) < 4.78 is 16.0. The number of ether oxygens (including phenoxy) is 2. The van der Waals surface area contributed by atoms with E-state index in [4.69, 9.17) is 14.0 Å². The minimum atomic E-state index is -0.191. The standard InChI is InChI=1S/C18H24N4O4/c1-24-11-9-22(13-15-8-5-10-25-15)18(23)19-12-16-20-17(26-21-16)14-6-3-2-4-7-14/h2-4,6-7,15H,5,8-13H2,1H3,(H,19,23)/t15-/m0/s1. The minimum absolute atomic E-state index is 0.0902. The molecule has 26 heavy (non-hydrogen) atoms. The van der Waals surface area contributed by atoms with Gasteiger partial charge in [0.05, 0.1) is 19.3 Å². The lowest BCUT2D eigenvalue weighted by Gasteiger charge is -2.25. The number of benzene rings is 1. The highest BCUT2D eigenvalue weighted by molar-refractivity contribution is 5.74. The molecule has 8 heteroatoms. The van der Waals surface area contributed by atoms with E-state index in [9.17, 15) is 4.79 Å². The topological polar surface area (TPSA) is 89.7 Å². The summed E-state index contributed by atoms with van der Waals surface area (Å²) in [6.45, 7) is 2.49. The molecule has 1 saturated heterocycles. The third kappa shape index (κ3) is 5.03. The first kappa shape index (κ1) is 18.3. The summed E-state index contributed by atoms with van der Waals surface area (Å²) in [4.78, 5) is 18.5. The van der Waals surface area contributed by atoms with Gasteiger partial charge >= 0.3 is 6.03 Å². The van der Waals surface area contributed by atoms with Crippen LogP contribution in [0.1, 0.15) is 18.7 Å². The lowest BCUT2D eigenvalue weighted by atomic mass is 10.2. The second-order valence-corrected chi connectivity index (χ2v) is 6.11. The van der Waals surface area contributed by atoms with Crippen LogP contribution in [0.3, 0.4) is 0 Å². The van der Waals surface area contributed by atoms with Crippen molar-refractivity contribution in [2.24, 2.45) is 0 Å². The Morgan fingerprint density at radius 1 is 1.38 bits per heavy atom. The lowest BCUT2D eigenvalue weighted by molar-refractivity contribution is 0.0720. The second kappa shape index (κ2) is 9.30. The van der Waals surface area contributed by atoms with Gasteiger partial charge in [-0.1, -0.05) is 23.4 Å². The molecule has 0 saturated carbocycles. The zero-order valence-electron chi connectivity index (χ0n) is 14.9. The largest absolute Gasteiger partial charge is 0.383 e. The predicted octanol–water partition coefficient (Wildman–Crippen LogP) is 2.07. The number of carbonyl (C=O) groups excluding carboxylic acids is 1. The van der Waals surface area contributed by atoms with E-state index in [-0.39, 0.29) is 18.7 Å². The summed E-state index contributed by atoms with van der Waals surface area (Å²) in [5, 5.41) is 6.76. The average Bonchev–Trinajstić information content (AvgIpc) is 3.36. The van der Waals surface area contributed by atoms with Crippen molar-refractivity contribution < 1.29 is 18.8 Å². The smallest absolute Gasteiger partial charge is 0.317 e. The molecule has 140 valence electrons. The van der Waals surface area contributed by atoms with Crippen molar-refractivity contribution in [3.05, 3.63) is 36.2 Å². The molecule has 0 bridgehead atoms. The summed E-state index contributed by atoms with van der Waals surface area (Å²) in [5.41, 5.74) is 0.845. The highest BCUT2D eigenvalue weighted by atomic mass is 16.5. The normalized spacial score (nSPS) is 16.6. The summed E-state index contributed by atoms with van der Waals surface area (Å²) in [7, 11) is 1.62. The maximum Gasteiger partial charge on any atom is 0.317 e. The van der Waals surface area contributed by atoms with Gasteiger partial charge in [-0.3, -0.25) is 0 Å². The molecule has 2 heterocycles. The van der Waals surface area contributed by atoms with Gasteiger partial charge in [0.25, 0.3) is 5.89 Å². The number of hydrogen-bond donors (Lipinski definition) is 1. The average molecular weight is 360 g/mol. The molecule has 0 aliphatic carbocycles. The van der Waals surface area contributed by atoms with Crippen LogP contribution >= 0.6 is 0 Å². The molecule has 2 amide bonds. The Hall–Kier alpha value is -2.45. The van der Waals surface area contributed by atoms with Crippen LogP contribution in [0.2, 0.25) is 0 Å². The summed E-state index contributed by atoms with van der Waals surface area (Å²) in [6, 6.07) is 9.32. The van der Waals surface area contributed by atoms with Crippen LogP contribution in [-0.4, -0.2) is 60.6 Å². The molecule has 8 nitrogen and oxygen atoms in total. The number of methoxy groups -OCH3 is 1. The Morgan fingerprint density at radius 2 is 2.23 bits per heavy atom. The molecule has 1 fully saturated rings.